The molecule has 204 valence electrons. The van der Waals surface area contributed by atoms with E-state index in [9.17, 15) is 36.2 Å². The summed E-state index contributed by atoms with van der Waals surface area (Å²) in [6.45, 7) is 0.464. The molecule has 3 aromatic rings. The molecule has 4 rings (SSSR count). The molecule has 2 N–H and O–H groups in total. The highest BCUT2D eigenvalue weighted by Gasteiger charge is 2.31. The normalized spacial score (nSPS) is 15.7. The second-order valence-corrected chi connectivity index (χ2v) is 9.12. The number of carbonyl (C=O) groups is 1. The third kappa shape index (κ3) is 6.69. The van der Waals surface area contributed by atoms with E-state index in [4.69, 9.17) is 0 Å². The number of benzene rings is 3. The van der Waals surface area contributed by atoms with Crippen molar-refractivity contribution >= 4 is 22.9 Å². The van der Waals surface area contributed by atoms with Crippen LogP contribution in [0.4, 0.5) is 37.7 Å². The number of fused-ring (bicyclic) bond motifs is 1. The summed E-state index contributed by atoms with van der Waals surface area (Å²) in [7, 11) is 1.83. The number of nitrogens with zero attached hydrogens (tertiary/aromatic N) is 1. The van der Waals surface area contributed by atoms with Gasteiger partial charge >= 0.3 is 12.4 Å². The number of hydrogen-bond donors (Lipinski definition) is 2. The Morgan fingerprint density at radius 1 is 0.897 bits per heavy atom. The summed E-state index contributed by atoms with van der Waals surface area (Å²) in [5.74, 6) is -0.499. The summed E-state index contributed by atoms with van der Waals surface area (Å²) in [6, 6.07) is 13.8. The van der Waals surface area contributed by atoms with Gasteiger partial charge in [0, 0.05) is 43.0 Å². The van der Waals surface area contributed by atoms with E-state index in [1.165, 1.54) is 42.5 Å². The van der Waals surface area contributed by atoms with Gasteiger partial charge in [0.1, 0.15) is 0 Å². The van der Waals surface area contributed by atoms with Gasteiger partial charge < -0.3 is 15.3 Å². The number of alkyl halides is 6. The van der Waals surface area contributed by atoms with Crippen molar-refractivity contribution in [3.8, 4) is 0 Å². The second-order valence-electron chi connectivity index (χ2n) is 9.12. The highest BCUT2D eigenvalue weighted by molar-refractivity contribution is 6.01. The summed E-state index contributed by atoms with van der Waals surface area (Å²) in [4.78, 5) is 14.6. The number of nitrogens with one attached hydrogen (secondary N) is 1. The Morgan fingerprint density at radius 2 is 1.44 bits per heavy atom. The average Bonchev–Trinajstić information content (AvgIpc) is 2.86. The van der Waals surface area contributed by atoms with Gasteiger partial charge in [-0.15, -0.1) is 0 Å². The lowest BCUT2D eigenvalue weighted by Gasteiger charge is -2.32. The fourth-order valence-corrected chi connectivity index (χ4v) is 4.42. The van der Waals surface area contributed by atoms with Crippen molar-refractivity contribution in [2.24, 2.45) is 0 Å². The number of amides is 1. The van der Waals surface area contributed by atoms with E-state index in [1.807, 2.05) is 18.0 Å². The SMILES string of the molecule is CN1CC(O)Cc2c(NC(=O)C=CC=C(c3ccc(C(F)(F)F)cc3)c3ccc(C(F)(F)F)cc3)cccc21. The number of halogens is 6. The molecule has 0 saturated carbocycles. The number of hydrogen-bond acceptors (Lipinski definition) is 3. The maximum Gasteiger partial charge on any atom is 0.416 e. The third-order valence-electron chi connectivity index (χ3n) is 6.30. The Bertz CT molecular complexity index is 1330. The van der Waals surface area contributed by atoms with Crippen molar-refractivity contribution in [2.45, 2.75) is 24.9 Å². The Kier molecular flexibility index (Phi) is 7.87. The molecule has 10 heteroatoms. The Labute approximate surface area is 220 Å². The predicted octanol–water partition coefficient (Wildman–Crippen LogP) is 6.70. The summed E-state index contributed by atoms with van der Waals surface area (Å²) in [5.41, 5.74) is 1.43. The van der Waals surface area contributed by atoms with E-state index in [-0.39, 0.29) is 0 Å². The smallest absolute Gasteiger partial charge is 0.391 e. The number of aliphatic hydroxyl groups is 1. The molecule has 1 aliphatic heterocycles. The van der Waals surface area contributed by atoms with Crippen LogP contribution in [-0.2, 0) is 23.6 Å². The van der Waals surface area contributed by atoms with Crippen LogP contribution in [0.15, 0.2) is 85.0 Å². The maximum atomic E-state index is 13.0. The van der Waals surface area contributed by atoms with E-state index in [0.29, 0.717) is 35.4 Å². The van der Waals surface area contributed by atoms with Gasteiger partial charge in [0.25, 0.3) is 0 Å². The molecule has 0 bridgehead atoms. The minimum Gasteiger partial charge on any atom is -0.391 e. The van der Waals surface area contributed by atoms with E-state index < -0.39 is 35.5 Å². The lowest BCUT2D eigenvalue weighted by Crippen LogP contribution is -2.36. The number of aliphatic hydroxyl groups excluding tert-OH is 1. The molecule has 0 fully saturated rings. The van der Waals surface area contributed by atoms with Crippen molar-refractivity contribution in [1.82, 2.24) is 0 Å². The van der Waals surface area contributed by atoms with Gasteiger partial charge in [0.15, 0.2) is 0 Å². The Balaban J connectivity index is 1.62. The van der Waals surface area contributed by atoms with Crippen LogP contribution in [0.5, 0.6) is 0 Å². The van der Waals surface area contributed by atoms with E-state index in [2.05, 4.69) is 5.32 Å². The van der Waals surface area contributed by atoms with Gasteiger partial charge in [-0.05, 0) is 53.1 Å². The number of β-amino-alcohol motifs (C(OH)–C–C–N with tert-alkyl or cyclic N) is 1. The second kappa shape index (κ2) is 11.0. The molecule has 1 unspecified atom stereocenters. The topological polar surface area (TPSA) is 52.6 Å². The number of allylic oxidation sites excluding steroid dienone is 2. The van der Waals surface area contributed by atoms with Crippen molar-refractivity contribution in [3.63, 3.8) is 0 Å². The standard InChI is InChI=1S/C29H24F6N2O2/c1-37-17-22(38)16-24-25(5-3-6-26(24)37)36-27(39)7-2-4-23(18-8-12-20(13-9-18)28(30,31)32)19-10-14-21(15-11-19)29(33,34)35/h2-15,22,38H,16-17H2,1H3,(H,36,39). The zero-order valence-electron chi connectivity index (χ0n) is 20.6. The zero-order valence-corrected chi connectivity index (χ0v) is 20.6. The van der Waals surface area contributed by atoms with Crippen LogP contribution in [0, 0.1) is 0 Å². The fraction of sp³-hybridized carbons (Fsp3) is 0.207. The minimum absolute atomic E-state index is 0.321. The first-order valence-corrected chi connectivity index (χ1v) is 11.9. The van der Waals surface area contributed by atoms with Crippen LogP contribution in [0.3, 0.4) is 0 Å². The van der Waals surface area contributed by atoms with Crippen LogP contribution >= 0.6 is 0 Å². The minimum atomic E-state index is -4.55. The van der Waals surface area contributed by atoms with Crippen LogP contribution in [0.2, 0.25) is 0 Å². The molecule has 0 aromatic heterocycles. The Hall–Kier alpha value is -4.05. The van der Waals surface area contributed by atoms with Crippen molar-refractivity contribution < 1.29 is 36.2 Å². The Morgan fingerprint density at radius 3 is 1.95 bits per heavy atom. The van der Waals surface area contributed by atoms with Crippen LogP contribution in [0.25, 0.3) is 5.57 Å². The molecule has 1 heterocycles. The van der Waals surface area contributed by atoms with Gasteiger partial charge in [-0.2, -0.15) is 26.3 Å². The first-order chi connectivity index (χ1) is 18.3. The molecule has 1 amide bonds. The third-order valence-corrected chi connectivity index (χ3v) is 6.30. The molecule has 39 heavy (non-hydrogen) atoms. The molecule has 1 aliphatic rings. The first kappa shape index (κ1) is 28.0. The number of carbonyl (C=O) groups excluding carboxylic acids is 1. The van der Waals surface area contributed by atoms with E-state index in [0.717, 1.165) is 35.5 Å². The summed E-state index contributed by atoms with van der Waals surface area (Å²) in [5, 5.41) is 12.9. The average molecular weight is 547 g/mol. The fourth-order valence-electron chi connectivity index (χ4n) is 4.42. The highest BCUT2D eigenvalue weighted by Crippen LogP contribution is 2.34. The van der Waals surface area contributed by atoms with Crippen molar-refractivity contribution in [2.75, 3.05) is 23.8 Å². The van der Waals surface area contributed by atoms with E-state index in [1.54, 1.807) is 12.1 Å². The molecule has 0 spiro atoms. The molecule has 0 saturated heterocycles. The first-order valence-electron chi connectivity index (χ1n) is 11.9. The monoisotopic (exact) mass is 546 g/mol. The molecule has 0 aliphatic carbocycles. The molecular weight excluding hydrogens is 522 g/mol. The van der Waals surface area contributed by atoms with Crippen molar-refractivity contribution in [3.05, 3.63) is 113 Å². The van der Waals surface area contributed by atoms with Gasteiger partial charge in [0.2, 0.25) is 5.91 Å². The van der Waals surface area contributed by atoms with Crippen LogP contribution in [-0.4, -0.2) is 30.7 Å². The number of likely N-dealkylation sites (N-methyl/N-ethyl adjacent to an activating group) is 1. The van der Waals surface area contributed by atoms with Crippen LogP contribution < -0.4 is 10.2 Å². The molecule has 0 radical (unpaired) electrons. The van der Waals surface area contributed by atoms with Gasteiger partial charge in [-0.3, -0.25) is 4.79 Å². The highest BCUT2D eigenvalue weighted by atomic mass is 19.4. The van der Waals surface area contributed by atoms with E-state index >= 15 is 0 Å². The lowest BCUT2D eigenvalue weighted by atomic mass is 9.95. The van der Waals surface area contributed by atoms with Gasteiger partial charge in [-0.25, -0.2) is 0 Å². The molecule has 3 aromatic carbocycles. The largest absolute Gasteiger partial charge is 0.416 e. The number of anilines is 2. The maximum absolute atomic E-state index is 13.0. The van der Waals surface area contributed by atoms with Crippen LogP contribution in [0.1, 0.15) is 27.8 Å². The quantitative estimate of drug-likeness (QED) is 0.213. The lowest BCUT2D eigenvalue weighted by molar-refractivity contribution is -0.138. The zero-order chi connectivity index (χ0) is 28.4. The number of rotatable bonds is 5. The summed E-state index contributed by atoms with van der Waals surface area (Å²) < 4.78 is 78.2. The van der Waals surface area contributed by atoms with Crippen molar-refractivity contribution in [1.29, 1.82) is 0 Å². The van der Waals surface area contributed by atoms with Gasteiger partial charge in [0.05, 0.1) is 17.2 Å². The summed E-state index contributed by atoms with van der Waals surface area (Å²) >= 11 is 0. The summed E-state index contributed by atoms with van der Waals surface area (Å²) in [6.07, 6.45) is -5.29. The predicted molar refractivity (Wildman–Crippen MR) is 137 cm³/mol. The molecular formula is C29H24F6N2O2. The van der Waals surface area contributed by atoms with Gasteiger partial charge in [-0.1, -0.05) is 42.5 Å². The molecule has 1 atom stereocenters. The molecule has 4 nitrogen and oxygen atoms in total.